The highest BCUT2D eigenvalue weighted by Crippen LogP contribution is 2.26. The first-order valence-corrected chi connectivity index (χ1v) is 6.24. The zero-order valence-corrected chi connectivity index (χ0v) is 12.1. The highest BCUT2D eigenvalue weighted by molar-refractivity contribution is 5.71. The molecule has 0 atom stereocenters. The monoisotopic (exact) mass is 284 g/mol. The van der Waals surface area contributed by atoms with Crippen molar-refractivity contribution in [2.24, 2.45) is 4.99 Å². The number of benzene rings is 1. The van der Waals surface area contributed by atoms with E-state index >= 15 is 0 Å². The minimum atomic E-state index is 0.357. The van der Waals surface area contributed by atoms with E-state index in [1.54, 1.807) is 18.3 Å². The van der Waals surface area contributed by atoms with Gasteiger partial charge in [0.2, 0.25) is 0 Å². The number of rotatable bonds is 5. The molecule has 108 valence electrons. The lowest BCUT2D eigenvalue weighted by molar-refractivity contribution is 0.415. The third-order valence-corrected chi connectivity index (χ3v) is 2.61. The zero-order chi connectivity index (χ0) is 15.2. The maximum absolute atomic E-state index is 9.27. The number of anilines is 2. The minimum Gasteiger partial charge on any atom is -0.497 e. The molecular weight excluding hydrogens is 268 g/mol. The van der Waals surface area contributed by atoms with E-state index in [0.717, 1.165) is 11.4 Å². The van der Waals surface area contributed by atoms with Gasteiger partial charge in [-0.2, -0.15) is 10.4 Å². The maximum Gasteiger partial charge on any atom is 0.172 e. The van der Waals surface area contributed by atoms with Crippen LogP contribution in [0.4, 0.5) is 17.3 Å². The van der Waals surface area contributed by atoms with Crippen molar-refractivity contribution < 1.29 is 4.74 Å². The summed E-state index contributed by atoms with van der Waals surface area (Å²) in [6.45, 7) is 0. The number of ether oxygens (including phenoxy) is 1. The first-order valence-electron chi connectivity index (χ1n) is 6.24. The summed E-state index contributed by atoms with van der Waals surface area (Å²) in [4.78, 5) is 5.94. The number of nitrogens with one attached hydrogen (secondary N) is 2. The summed E-state index contributed by atoms with van der Waals surface area (Å²) in [6.07, 6.45) is 1.60. The van der Waals surface area contributed by atoms with Crippen LogP contribution in [0.15, 0.2) is 29.3 Å². The molecule has 2 rings (SSSR count). The largest absolute Gasteiger partial charge is 0.497 e. The van der Waals surface area contributed by atoms with Crippen LogP contribution in [0.5, 0.6) is 5.75 Å². The number of aromatic amines is 1. The molecule has 7 heteroatoms. The van der Waals surface area contributed by atoms with E-state index < -0.39 is 0 Å². The van der Waals surface area contributed by atoms with Crippen LogP contribution in [0.1, 0.15) is 5.56 Å². The van der Waals surface area contributed by atoms with Crippen molar-refractivity contribution in [1.29, 1.82) is 5.26 Å². The zero-order valence-electron chi connectivity index (χ0n) is 12.1. The quantitative estimate of drug-likeness (QED) is 0.649. The van der Waals surface area contributed by atoms with Gasteiger partial charge < -0.3 is 15.0 Å². The van der Waals surface area contributed by atoms with Gasteiger partial charge in [-0.05, 0) is 12.1 Å². The second-order valence-electron chi connectivity index (χ2n) is 4.47. The highest BCUT2D eigenvalue weighted by Gasteiger charge is 2.12. The van der Waals surface area contributed by atoms with Crippen molar-refractivity contribution in [1.82, 2.24) is 15.1 Å². The van der Waals surface area contributed by atoms with Crippen LogP contribution in [0, 0.1) is 11.3 Å². The summed E-state index contributed by atoms with van der Waals surface area (Å²) in [5.41, 5.74) is 1.14. The van der Waals surface area contributed by atoms with Crippen molar-refractivity contribution in [2.45, 2.75) is 0 Å². The molecule has 0 radical (unpaired) electrons. The number of methoxy groups -OCH3 is 1. The molecule has 0 unspecified atom stereocenters. The third kappa shape index (κ3) is 3.51. The van der Waals surface area contributed by atoms with Crippen LogP contribution >= 0.6 is 0 Å². The van der Waals surface area contributed by atoms with Crippen LogP contribution in [-0.4, -0.2) is 42.6 Å². The Bertz CT molecular complexity index is 683. The van der Waals surface area contributed by atoms with Gasteiger partial charge in [0.15, 0.2) is 11.6 Å². The molecule has 0 saturated carbocycles. The first kappa shape index (κ1) is 14.4. The fraction of sp³-hybridized carbons (Fsp3) is 0.214. The molecular formula is C14H16N6O. The van der Waals surface area contributed by atoms with Gasteiger partial charge >= 0.3 is 0 Å². The number of nitriles is 1. The second-order valence-corrected chi connectivity index (χ2v) is 4.47. The molecule has 2 aromatic rings. The number of aliphatic imine (C=N–C) groups is 1. The second kappa shape index (κ2) is 6.43. The average Bonchev–Trinajstić information content (AvgIpc) is 2.87. The van der Waals surface area contributed by atoms with Crippen LogP contribution in [0.2, 0.25) is 0 Å². The molecule has 0 saturated heterocycles. The topological polar surface area (TPSA) is 89.3 Å². The Balaban J connectivity index is 2.26. The lowest BCUT2D eigenvalue weighted by Crippen LogP contribution is -2.07. The van der Waals surface area contributed by atoms with Crippen molar-refractivity contribution in [3.63, 3.8) is 0 Å². The molecule has 1 heterocycles. The summed E-state index contributed by atoms with van der Waals surface area (Å²) in [6, 6.07) is 9.47. The fourth-order valence-electron chi connectivity index (χ4n) is 1.63. The van der Waals surface area contributed by atoms with Crippen molar-refractivity contribution in [3.05, 3.63) is 29.8 Å². The molecule has 21 heavy (non-hydrogen) atoms. The Kier molecular flexibility index (Phi) is 4.41. The predicted octanol–water partition coefficient (Wildman–Crippen LogP) is 2.25. The van der Waals surface area contributed by atoms with E-state index in [2.05, 4.69) is 26.6 Å². The van der Waals surface area contributed by atoms with Gasteiger partial charge in [-0.25, -0.2) is 4.99 Å². The summed E-state index contributed by atoms with van der Waals surface area (Å²) < 4.78 is 5.16. The Morgan fingerprint density at radius 2 is 2.29 bits per heavy atom. The number of H-pyrrole nitrogens is 1. The van der Waals surface area contributed by atoms with Gasteiger partial charge in [0, 0.05) is 25.8 Å². The van der Waals surface area contributed by atoms with Gasteiger partial charge in [-0.1, -0.05) is 6.07 Å². The molecule has 0 amide bonds. The molecule has 7 nitrogen and oxygen atoms in total. The van der Waals surface area contributed by atoms with E-state index in [9.17, 15) is 5.26 Å². The van der Waals surface area contributed by atoms with Crippen LogP contribution in [0.25, 0.3) is 0 Å². The summed E-state index contributed by atoms with van der Waals surface area (Å²) >= 11 is 0. The van der Waals surface area contributed by atoms with E-state index in [1.165, 1.54) is 0 Å². The minimum absolute atomic E-state index is 0.357. The van der Waals surface area contributed by atoms with Gasteiger partial charge in [0.05, 0.1) is 13.4 Å². The average molecular weight is 284 g/mol. The number of hydrogen-bond donors (Lipinski definition) is 2. The summed E-state index contributed by atoms with van der Waals surface area (Å²) in [5.74, 6) is 1.56. The SMILES string of the molecule is COc1cccc(Nc2n[nH]c(/N=C/N(C)C)c2C#N)c1. The highest BCUT2D eigenvalue weighted by atomic mass is 16.5. The maximum atomic E-state index is 9.27. The number of aromatic nitrogens is 2. The Hall–Kier alpha value is -3.01. The first-order chi connectivity index (χ1) is 10.1. The van der Waals surface area contributed by atoms with E-state index in [-0.39, 0.29) is 0 Å². The predicted molar refractivity (Wildman–Crippen MR) is 81.4 cm³/mol. The molecule has 0 aliphatic rings. The standard InChI is InChI=1S/C14H16N6O/c1-20(2)9-16-13-12(8-15)14(19-18-13)17-10-5-4-6-11(7-10)21-3/h4-7,9H,1-3H3,(H2,17,18,19)/b16-9+. The Morgan fingerprint density at radius 1 is 1.48 bits per heavy atom. The Labute approximate surface area is 122 Å². The van der Waals surface area contributed by atoms with E-state index in [4.69, 9.17) is 4.74 Å². The van der Waals surface area contributed by atoms with Crippen LogP contribution < -0.4 is 10.1 Å². The van der Waals surface area contributed by atoms with Crippen LogP contribution in [0.3, 0.4) is 0 Å². The molecule has 0 fully saturated rings. The molecule has 1 aromatic heterocycles. The van der Waals surface area contributed by atoms with Gasteiger partial charge in [-0.3, -0.25) is 5.10 Å². The molecule has 0 aliphatic carbocycles. The lowest BCUT2D eigenvalue weighted by Gasteiger charge is -2.05. The molecule has 0 spiro atoms. The Morgan fingerprint density at radius 3 is 2.95 bits per heavy atom. The van der Waals surface area contributed by atoms with E-state index in [1.807, 2.05) is 38.4 Å². The van der Waals surface area contributed by atoms with Crippen LogP contribution in [-0.2, 0) is 0 Å². The molecule has 0 bridgehead atoms. The lowest BCUT2D eigenvalue weighted by atomic mass is 10.2. The van der Waals surface area contributed by atoms with Crippen molar-refractivity contribution in [2.75, 3.05) is 26.5 Å². The molecule has 2 N–H and O–H groups in total. The molecule has 0 aliphatic heterocycles. The van der Waals surface area contributed by atoms with Crippen molar-refractivity contribution >= 4 is 23.7 Å². The van der Waals surface area contributed by atoms with Gasteiger partial charge in [-0.15, -0.1) is 0 Å². The summed E-state index contributed by atoms with van der Waals surface area (Å²) in [5, 5.41) is 19.2. The summed E-state index contributed by atoms with van der Waals surface area (Å²) in [7, 11) is 5.30. The van der Waals surface area contributed by atoms with Gasteiger partial charge in [0.1, 0.15) is 17.4 Å². The normalized spacial score (nSPS) is 10.4. The fourth-order valence-corrected chi connectivity index (χ4v) is 1.63. The number of hydrogen-bond acceptors (Lipinski definition) is 5. The van der Waals surface area contributed by atoms with Gasteiger partial charge in [0.25, 0.3) is 0 Å². The molecule has 1 aromatic carbocycles. The van der Waals surface area contributed by atoms with E-state index in [0.29, 0.717) is 17.2 Å². The smallest absolute Gasteiger partial charge is 0.172 e. The number of nitrogens with zero attached hydrogens (tertiary/aromatic N) is 4. The van der Waals surface area contributed by atoms with Crippen molar-refractivity contribution in [3.8, 4) is 11.8 Å². The third-order valence-electron chi connectivity index (χ3n) is 2.61.